The summed E-state index contributed by atoms with van der Waals surface area (Å²) in [4.78, 5) is 0. The van der Waals surface area contributed by atoms with Gasteiger partial charge in [0.1, 0.15) is 5.75 Å². The number of aryl methyl sites for hydroxylation is 1. The summed E-state index contributed by atoms with van der Waals surface area (Å²) in [6.45, 7) is 2.39. The third kappa shape index (κ3) is 3.65. The second-order valence-corrected chi connectivity index (χ2v) is 5.06. The van der Waals surface area contributed by atoms with Crippen LogP contribution in [0.25, 0.3) is 0 Å². The van der Waals surface area contributed by atoms with Gasteiger partial charge in [0, 0.05) is 6.54 Å². The second-order valence-electron chi connectivity index (χ2n) is 4.66. The van der Waals surface area contributed by atoms with E-state index in [9.17, 15) is 5.11 Å². The Morgan fingerprint density at radius 1 is 1.25 bits per heavy atom. The van der Waals surface area contributed by atoms with Crippen molar-refractivity contribution in [2.24, 2.45) is 0 Å². The van der Waals surface area contributed by atoms with Crippen LogP contribution in [0.1, 0.15) is 17.2 Å². The molecule has 0 saturated carbocycles. The first-order valence-electron chi connectivity index (χ1n) is 6.42. The van der Waals surface area contributed by atoms with Crippen molar-refractivity contribution >= 4 is 17.3 Å². The summed E-state index contributed by atoms with van der Waals surface area (Å²) in [5, 5.41) is 14.0. The molecular weight excluding hydrogens is 274 g/mol. The number of aliphatic hydroxyl groups excluding tert-OH is 1. The van der Waals surface area contributed by atoms with Crippen molar-refractivity contribution < 1.29 is 9.84 Å². The van der Waals surface area contributed by atoms with E-state index in [2.05, 4.69) is 5.32 Å². The van der Waals surface area contributed by atoms with Gasteiger partial charge in [0.15, 0.2) is 0 Å². The summed E-state index contributed by atoms with van der Waals surface area (Å²) in [6.07, 6.45) is -0.623. The molecule has 2 aromatic rings. The highest BCUT2D eigenvalue weighted by atomic mass is 35.5. The maximum atomic E-state index is 10.2. The first kappa shape index (κ1) is 14.7. The van der Waals surface area contributed by atoms with E-state index >= 15 is 0 Å². The van der Waals surface area contributed by atoms with Gasteiger partial charge >= 0.3 is 0 Å². The van der Waals surface area contributed by atoms with Crippen LogP contribution in [0, 0.1) is 6.92 Å². The normalized spacial score (nSPS) is 12.0. The molecule has 0 aliphatic heterocycles. The second kappa shape index (κ2) is 6.64. The molecule has 4 heteroatoms. The fraction of sp³-hybridized carbons (Fsp3) is 0.250. The molecule has 0 bridgehead atoms. The minimum absolute atomic E-state index is 0.385. The fourth-order valence-electron chi connectivity index (χ4n) is 1.95. The zero-order valence-corrected chi connectivity index (χ0v) is 12.3. The van der Waals surface area contributed by atoms with E-state index in [1.54, 1.807) is 7.11 Å². The molecule has 1 unspecified atom stereocenters. The summed E-state index contributed by atoms with van der Waals surface area (Å²) in [5.74, 6) is 0.732. The van der Waals surface area contributed by atoms with Gasteiger partial charge < -0.3 is 15.2 Å². The van der Waals surface area contributed by atoms with E-state index in [0.717, 1.165) is 22.6 Å². The SMILES string of the molecule is COc1cccc(C(O)CNc2cc(C)ccc2Cl)c1. The molecule has 3 nitrogen and oxygen atoms in total. The van der Waals surface area contributed by atoms with Crippen molar-refractivity contribution in [1.29, 1.82) is 0 Å². The third-order valence-electron chi connectivity index (χ3n) is 3.09. The molecule has 0 radical (unpaired) electrons. The highest BCUT2D eigenvalue weighted by molar-refractivity contribution is 6.33. The van der Waals surface area contributed by atoms with Crippen LogP contribution in [0.15, 0.2) is 42.5 Å². The maximum absolute atomic E-state index is 10.2. The van der Waals surface area contributed by atoms with Crippen LogP contribution in [0.3, 0.4) is 0 Å². The number of nitrogens with one attached hydrogen (secondary N) is 1. The number of rotatable bonds is 5. The smallest absolute Gasteiger partial charge is 0.119 e. The van der Waals surface area contributed by atoms with Gasteiger partial charge in [-0.3, -0.25) is 0 Å². The van der Waals surface area contributed by atoms with Crippen LogP contribution in [-0.4, -0.2) is 18.8 Å². The van der Waals surface area contributed by atoms with Crippen LogP contribution in [0.4, 0.5) is 5.69 Å². The Balaban J connectivity index is 2.04. The van der Waals surface area contributed by atoms with Crippen LogP contribution in [-0.2, 0) is 0 Å². The minimum atomic E-state index is -0.623. The number of aliphatic hydroxyl groups is 1. The molecule has 1 atom stereocenters. The Morgan fingerprint density at radius 2 is 2.05 bits per heavy atom. The molecule has 2 N–H and O–H groups in total. The zero-order valence-electron chi connectivity index (χ0n) is 11.6. The summed E-state index contributed by atoms with van der Waals surface area (Å²) in [6, 6.07) is 13.2. The summed E-state index contributed by atoms with van der Waals surface area (Å²) >= 11 is 6.11. The van der Waals surface area contributed by atoms with Gasteiger partial charge in [-0.15, -0.1) is 0 Å². The van der Waals surface area contributed by atoms with Crippen molar-refractivity contribution in [3.63, 3.8) is 0 Å². The minimum Gasteiger partial charge on any atom is -0.497 e. The molecule has 2 aromatic carbocycles. The van der Waals surface area contributed by atoms with Gasteiger partial charge in [0.2, 0.25) is 0 Å². The predicted octanol–water partition coefficient (Wildman–Crippen LogP) is 3.80. The lowest BCUT2D eigenvalue weighted by molar-refractivity contribution is 0.191. The Bertz CT molecular complexity index is 586. The molecule has 0 aromatic heterocycles. The van der Waals surface area contributed by atoms with Crippen LogP contribution < -0.4 is 10.1 Å². The molecule has 0 fully saturated rings. The maximum Gasteiger partial charge on any atom is 0.119 e. The first-order chi connectivity index (χ1) is 9.60. The number of hydrogen-bond donors (Lipinski definition) is 2. The Kier molecular flexibility index (Phi) is 4.88. The molecule has 0 heterocycles. The third-order valence-corrected chi connectivity index (χ3v) is 3.42. The Morgan fingerprint density at radius 3 is 2.80 bits per heavy atom. The highest BCUT2D eigenvalue weighted by Gasteiger charge is 2.09. The summed E-state index contributed by atoms with van der Waals surface area (Å²) in [7, 11) is 1.61. The van der Waals surface area contributed by atoms with E-state index < -0.39 is 6.10 Å². The average Bonchev–Trinajstić information content (AvgIpc) is 2.48. The highest BCUT2D eigenvalue weighted by Crippen LogP contribution is 2.24. The quantitative estimate of drug-likeness (QED) is 0.880. The molecule has 106 valence electrons. The van der Waals surface area contributed by atoms with Gasteiger partial charge in [-0.05, 0) is 42.3 Å². The fourth-order valence-corrected chi connectivity index (χ4v) is 2.13. The van der Waals surface area contributed by atoms with Gasteiger partial charge in [0.05, 0.1) is 23.9 Å². The van der Waals surface area contributed by atoms with Crippen molar-refractivity contribution in [3.8, 4) is 5.75 Å². The van der Waals surface area contributed by atoms with E-state index in [1.807, 2.05) is 49.4 Å². The zero-order chi connectivity index (χ0) is 14.5. The van der Waals surface area contributed by atoms with Crippen LogP contribution in [0.5, 0.6) is 5.75 Å². The lowest BCUT2D eigenvalue weighted by atomic mass is 10.1. The van der Waals surface area contributed by atoms with E-state index in [0.29, 0.717) is 11.6 Å². The van der Waals surface area contributed by atoms with Gasteiger partial charge in [-0.2, -0.15) is 0 Å². The standard InChI is InChI=1S/C16H18ClNO2/c1-11-6-7-14(17)15(8-11)18-10-16(19)12-4-3-5-13(9-12)20-2/h3-9,16,18-19H,10H2,1-2H3. The van der Waals surface area contributed by atoms with Crippen LogP contribution in [0.2, 0.25) is 5.02 Å². The van der Waals surface area contributed by atoms with E-state index in [1.165, 1.54) is 0 Å². The first-order valence-corrected chi connectivity index (χ1v) is 6.80. The van der Waals surface area contributed by atoms with Gasteiger partial charge in [0.25, 0.3) is 0 Å². The molecule has 0 aliphatic carbocycles. The number of ether oxygens (including phenoxy) is 1. The van der Waals surface area contributed by atoms with E-state index in [4.69, 9.17) is 16.3 Å². The van der Waals surface area contributed by atoms with Gasteiger partial charge in [-0.25, -0.2) is 0 Å². The molecular formula is C16H18ClNO2. The number of halogens is 1. The average molecular weight is 292 g/mol. The molecule has 2 rings (SSSR count). The van der Waals surface area contributed by atoms with Crippen molar-refractivity contribution in [1.82, 2.24) is 0 Å². The van der Waals surface area contributed by atoms with Crippen molar-refractivity contribution in [2.75, 3.05) is 19.0 Å². The summed E-state index contributed by atoms with van der Waals surface area (Å²) < 4.78 is 5.15. The van der Waals surface area contributed by atoms with E-state index in [-0.39, 0.29) is 0 Å². The molecule has 0 aliphatic rings. The molecule has 20 heavy (non-hydrogen) atoms. The van der Waals surface area contributed by atoms with Crippen molar-refractivity contribution in [2.45, 2.75) is 13.0 Å². The largest absolute Gasteiger partial charge is 0.497 e. The number of hydrogen-bond acceptors (Lipinski definition) is 3. The summed E-state index contributed by atoms with van der Waals surface area (Å²) in [5.41, 5.74) is 2.75. The lowest BCUT2D eigenvalue weighted by Crippen LogP contribution is -2.12. The monoisotopic (exact) mass is 291 g/mol. The molecule has 0 spiro atoms. The lowest BCUT2D eigenvalue weighted by Gasteiger charge is -2.15. The van der Waals surface area contributed by atoms with Gasteiger partial charge in [-0.1, -0.05) is 29.8 Å². The Hall–Kier alpha value is -1.71. The van der Waals surface area contributed by atoms with Crippen molar-refractivity contribution in [3.05, 3.63) is 58.6 Å². The number of methoxy groups -OCH3 is 1. The van der Waals surface area contributed by atoms with Crippen LogP contribution >= 0.6 is 11.6 Å². The Labute approximate surface area is 124 Å². The number of anilines is 1. The molecule has 0 amide bonds. The number of benzene rings is 2. The topological polar surface area (TPSA) is 41.5 Å². The predicted molar refractivity (Wildman–Crippen MR) is 82.6 cm³/mol. The molecule has 0 saturated heterocycles.